The van der Waals surface area contributed by atoms with E-state index < -0.39 is 9.84 Å². The summed E-state index contributed by atoms with van der Waals surface area (Å²) < 4.78 is 21.8. The maximum atomic E-state index is 10.9. The first-order valence-electron chi connectivity index (χ1n) is 4.96. The van der Waals surface area contributed by atoms with Gasteiger partial charge in [0.1, 0.15) is 9.84 Å². The fourth-order valence-electron chi connectivity index (χ4n) is 1.33. The second-order valence-corrected chi connectivity index (χ2v) is 5.98. The summed E-state index contributed by atoms with van der Waals surface area (Å²) in [6.45, 7) is 2.72. The van der Waals surface area contributed by atoms with Crippen LogP contribution in [0.5, 0.6) is 0 Å². The molecule has 0 radical (unpaired) electrons. The van der Waals surface area contributed by atoms with Crippen molar-refractivity contribution in [3.05, 3.63) is 29.8 Å². The Morgan fingerprint density at radius 1 is 1.27 bits per heavy atom. The molecule has 1 aromatic carbocycles. The summed E-state index contributed by atoms with van der Waals surface area (Å²) in [7, 11) is -2.83. The van der Waals surface area contributed by atoms with E-state index in [2.05, 4.69) is 5.32 Å². The molecule has 0 aliphatic carbocycles. The van der Waals surface area contributed by atoms with Gasteiger partial charge in [-0.25, -0.2) is 8.42 Å². The Labute approximate surface area is 91.4 Å². The lowest BCUT2D eigenvalue weighted by Gasteiger charge is -2.08. The molecule has 0 amide bonds. The van der Waals surface area contributed by atoms with E-state index in [0.717, 1.165) is 5.69 Å². The molecule has 1 N–H and O–H groups in total. The molecule has 0 aromatic heterocycles. The first kappa shape index (κ1) is 12.0. The molecule has 0 aliphatic heterocycles. The summed E-state index contributed by atoms with van der Waals surface area (Å²) in [6.07, 6.45) is 1.91. The van der Waals surface area contributed by atoms with Crippen LogP contribution in [-0.2, 0) is 9.84 Å². The second kappa shape index (κ2) is 5.16. The Bertz CT molecular complexity index is 412. The molecule has 1 rings (SSSR count). The predicted octanol–water partition coefficient (Wildman–Crippen LogP) is 1.84. The van der Waals surface area contributed by atoms with Gasteiger partial charge in [0.05, 0.1) is 5.75 Å². The first-order valence-corrected chi connectivity index (χ1v) is 7.02. The summed E-state index contributed by atoms with van der Waals surface area (Å²) >= 11 is 0. The van der Waals surface area contributed by atoms with Gasteiger partial charge in [-0.3, -0.25) is 0 Å². The number of sulfone groups is 1. The van der Waals surface area contributed by atoms with Crippen LogP contribution in [0.3, 0.4) is 0 Å². The van der Waals surface area contributed by atoms with E-state index in [9.17, 15) is 8.42 Å². The van der Waals surface area contributed by atoms with Crippen molar-refractivity contribution in [2.75, 3.05) is 23.9 Å². The molecule has 0 bridgehead atoms. The Balaban J connectivity index is 2.36. The van der Waals surface area contributed by atoms with Crippen LogP contribution in [0.2, 0.25) is 0 Å². The lowest BCUT2D eigenvalue weighted by atomic mass is 10.2. The van der Waals surface area contributed by atoms with Gasteiger partial charge in [-0.1, -0.05) is 18.2 Å². The standard InChI is InChI=1S/C11H17NO2S/c1-10-6-3-4-7-11(10)12-8-5-9-15(2,13)14/h3-4,6-7,12H,5,8-9H2,1-2H3. The topological polar surface area (TPSA) is 46.2 Å². The number of anilines is 1. The van der Waals surface area contributed by atoms with Gasteiger partial charge in [0.15, 0.2) is 0 Å². The molecule has 0 saturated heterocycles. The lowest BCUT2D eigenvalue weighted by molar-refractivity contribution is 0.600. The van der Waals surface area contributed by atoms with Crippen molar-refractivity contribution in [3.8, 4) is 0 Å². The normalized spacial score (nSPS) is 11.3. The molecule has 0 aliphatic rings. The quantitative estimate of drug-likeness (QED) is 0.781. The van der Waals surface area contributed by atoms with Gasteiger partial charge in [-0.05, 0) is 25.0 Å². The molecule has 84 valence electrons. The fraction of sp³-hybridized carbons (Fsp3) is 0.455. The minimum atomic E-state index is -2.83. The molecule has 0 saturated carbocycles. The molecule has 0 heterocycles. The Morgan fingerprint density at radius 3 is 2.53 bits per heavy atom. The molecular formula is C11H17NO2S. The number of rotatable bonds is 5. The van der Waals surface area contributed by atoms with E-state index in [1.807, 2.05) is 31.2 Å². The minimum Gasteiger partial charge on any atom is -0.385 e. The predicted molar refractivity (Wildman–Crippen MR) is 64.0 cm³/mol. The zero-order valence-electron chi connectivity index (χ0n) is 9.16. The Morgan fingerprint density at radius 2 is 1.93 bits per heavy atom. The molecule has 15 heavy (non-hydrogen) atoms. The van der Waals surface area contributed by atoms with Gasteiger partial charge >= 0.3 is 0 Å². The lowest BCUT2D eigenvalue weighted by Crippen LogP contribution is -2.10. The highest BCUT2D eigenvalue weighted by Gasteiger charge is 2.01. The molecule has 1 aromatic rings. The van der Waals surface area contributed by atoms with Gasteiger partial charge < -0.3 is 5.32 Å². The third-order valence-electron chi connectivity index (χ3n) is 2.15. The Hall–Kier alpha value is -1.03. The average molecular weight is 227 g/mol. The number of hydrogen-bond donors (Lipinski definition) is 1. The first-order chi connectivity index (χ1) is 6.99. The highest BCUT2D eigenvalue weighted by atomic mass is 32.2. The molecular weight excluding hydrogens is 210 g/mol. The van der Waals surface area contributed by atoms with Crippen LogP contribution in [0.15, 0.2) is 24.3 Å². The van der Waals surface area contributed by atoms with E-state index >= 15 is 0 Å². The highest BCUT2D eigenvalue weighted by Crippen LogP contribution is 2.12. The van der Waals surface area contributed by atoms with Crippen molar-refractivity contribution >= 4 is 15.5 Å². The molecule has 4 heteroatoms. The van der Waals surface area contributed by atoms with E-state index in [-0.39, 0.29) is 5.75 Å². The SMILES string of the molecule is Cc1ccccc1NCCCS(C)(=O)=O. The summed E-state index contributed by atoms with van der Waals surface area (Å²) in [5.74, 6) is 0.242. The summed E-state index contributed by atoms with van der Waals surface area (Å²) in [5, 5.41) is 3.22. The van der Waals surface area contributed by atoms with Crippen molar-refractivity contribution in [1.29, 1.82) is 0 Å². The van der Waals surface area contributed by atoms with Crippen LogP contribution < -0.4 is 5.32 Å². The number of para-hydroxylation sites is 1. The number of aryl methyl sites for hydroxylation is 1. The zero-order chi connectivity index (χ0) is 11.3. The molecule has 0 unspecified atom stereocenters. The maximum Gasteiger partial charge on any atom is 0.147 e. The second-order valence-electron chi connectivity index (χ2n) is 3.73. The van der Waals surface area contributed by atoms with Crippen molar-refractivity contribution in [3.63, 3.8) is 0 Å². The van der Waals surface area contributed by atoms with Crippen LogP contribution in [-0.4, -0.2) is 27.0 Å². The van der Waals surface area contributed by atoms with Gasteiger partial charge in [0.2, 0.25) is 0 Å². The maximum absolute atomic E-state index is 10.9. The summed E-state index contributed by atoms with van der Waals surface area (Å²) in [4.78, 5) is 0. The summed E-state index contributed by atoms with van der Waals surface area (Å²) in [5.41, 5.74) is 2.25. The van der Waals surface area contributed by atoms with E-state index in [0.29, 0.717) is 13.0 Å². The monoisotopic (exact) mass is 227 g/mol. The summed E-state index contributed by atoms with van der Waals surface area (Å²) in [6, 6.07) is 7.97. The van der Waals surface area contributed by atoms with E-state index in [1.54, 1.807) is 0 Å². The molecule has 0 spiro atoms. The fourth-order valence-corrected chi connectivity index (χ4v) is 2.00. The molecule has 0 fully saturated rings. The van der Waals surface area contributed by atoms with Gasteiger partial charge in [0, 0.05) is 18.5 Å². The smallest absolute Gasteiger partial charge is 0.147 e. The third-order valence-corrected chi connectivity index (χ3v) is 3.18. The van der Waals surface area contributed by atoms with Crippen LogP contribution in [0.1, 0.15) is 12.0 Å². The van der Waals surface area contributed by atoms with Crippen LogP contribution in [0.25, 0.3) is 0 Å². The van der Waals surface area contributed by atoms with Gasteiger partial charge in [-0.2, -0.15) is 0 Å². The third kappa shape index (κ3) is 4.83. The van der Waals surface area contributed by atoms with Crippen LogP contribution >= 0.6 is 0 Å². The number of hydrogen-bond acceptors (Lipinski definition) is 3. The van der Waals surface area contributed by atoms with Crippen LogP contribution in [0.4, 0.5) is 5.69 Å². The van der Waals surface area contributed by atoms with E-state index in [4.69, 9.17) is 0 Å². The largest absolute Gasteiger partial charge is 0.385 e. The highest BCUT2D eigenvalue weighted by molar-refractivity contribution is 7.90. The van der Waals surface area contributed by atoms with Crippen molar-refractivity contribution in [2.24, 2.45) is 0 Å². The van der Waals surface area contributed by atoms with Gasteiger partial charge in [-0.15, -0.1) is 0 Å². The minimum absolute atomic E-state index is 0.242. The molecule has 3 nitrogen and oxygen atoms in total. The zero-order valence-corrected chi connectivity index (χ0v) is 9.97. The van der Waals surface area contributed by atoms with Crippen molar-refractivity contribution < 1.29 is 8.42 Å². The number of benzene rings is 1. The van der Waals surface area contributed by atoms with Crippen molar-refractivity contribution in [1.82, 2.24) is 0 Å². The molecule has 0 atom stereocenters. The van der Waals surface area contributed by atoms with Crippen molar-refractivity contribution in [2.45, 2.75) is 13.3 Å². The van der Waals surface area contributed by atoms with Crippen LogP contribution in [0, 0.1) is 6.92 Å². The number of nitrogens with one attached hydrogen (secondary N) is 1. The van der Waals surface area contributed by atoms with E-state index in [1.165, 1.54) is 11.8 Å². The Kier molecular flexibility index (Phi) is 4.15. The van der Waals surface area contributed by atoms with Gasteiger partial charge in [0.25, 0.3) is 0 Å². The average Bonchev–Trinajstić information content (AvgIpc) is 2.13.